The highest BCUT2D eigenvalue weighted by atomic mass is 15.4. The largest absolute Gasteiger partial charge is 0.370 e. The van der Waals surface area contributed by atoms with E-state index in [0.717, 1.165) is 12.5 Å². The third-order valence-electron chi connectivity index (χ3n) is 4.54. The molecule has 3 rings (SSSR count). The number of nitrogens with two attached hydrogens (primary N) is 1. The van der Waals surface area contributed by atoms with Crippen molar-refractivity contribution < 1.29 is 0 Å². The molecule has 0 spiro atoms. The number of hydrogen-bond donors (Lipinski definition) is 1. The number of hydrogen-bond acceptors (Lipinski definition) is 3. The zero-order chi connectivity index (χ0) is 9.97. The summed E-state index contributed by atoms with van der Waals surface area (Å²) in [5.41, 5.74) is 6.69. The smallest absolute Gasteiger partial charge is 0.192 e. The van der Waals surface area contributed by atoms with Crippen LogP contribution in [0.25, 0.3) is 0 Å². The fraction of sp³-hybridized carbons (Fsp3) is 0.909. The second kappa shape index (κ2) is 2.26. The Morgan fingerprint density at radius 1 is 1.36 bits per heavy atom. The molecule has 78 valence electrons. The van der Waals surface area contributed by atoms with Gasteiger partial charge in [-0.2, -0.15) is 0 Å². The van der Waals surface area contributed by atoms with E-state index in [9.17, 15) is 0 Å². The standard InChI is InChI=1S/C11H19N3/c1-10(5-6-10)11(2)7-13-9(12)14(11)8-3-4-8/h8H,3-7H2,1-2H3,(H2,12,13). The quantitative estimate of drug-likeness (QED) is 0.719. The average Bonchev–Trinajstić information content (AvgIpc) is 3.01. The monoisotopic (exact) mass is 193 g/mol. The fourth-order valence-corrected chi connectivity index (χ4v) is 2.77. The van der Waals surface area contributed by atoms with Gasteiger partial charge in [0, 0.05) is 6.04 Å². The molecule has 3 aliphatic rings. The lowest BCUT2D eigenvalue weighted by atomic mass is 9.83. The maximum atomic E-state index is 6.00. The van der Waals surface area contributed by atoms with Crippen LogP contribution < -0.4 is 5.73 Å². The lowest BCUT2D eigenvalue weighted by Crippen LogP contribution is -2.55. The van der Waals surface area contributed by atoms with Gasteiger partial charge in [-0.25, -0.2) is 0 Å². The van der Waals surface area contributed by atoms with E-state index in [4.69, 9.17) is 5.73 Å². The Morgan fingerprint density at radius 2 is 2.00 bits per heavy atom. The highest BCUT2D eigenvalue weighted by Crippen LogP contribution is 2.58. The van der Waals surface area contributed by atoms with E-state index < -0.39 is 0 Å². The number of nitrogens with zero attached hydrogens (tertiary/aromatic N) is 2. The molecule has 1 atom stereocenters. The van der Waals surface area contributed by atoms with Gasteiger partial charge >= 0.3 is 0 Å². The van der Waals surface area contributed by atoms with Crippen LogP contribution in [-0.4, -0.2) is 29.0 Å². The molecule has 2 aliphatic carbocycles. The minimum Gasteiger partial charge on any atom is -0.370 e. The Bertz CT molecular complexity index is 302. The second-order valence-corrected chi connectivity index (χ2v) is 5.61. The van der Waals surface area contributed by atoms with Crippen molar-refractivity contribution in [2.45, 2.75) is 51.1 Å². The molecule has 0 bridgehead atoms. The topological polar surface area (TPSA) is 41.6 Å². The van der Waals surface area contributed by atoms with Crippen molar-refractivity contribution in [2.24, 2.45) is 16.1 Å². The first-order chi connectivity index (χ1) is 6.57. The van der Waals surface area contributed by atoms with Gasteiger partial charge in [0.1, 0.15) is 0 Å². The van der Waals surface area contributed by atoms with Crippen molar-refractivity contribution in [2.75, 3.05) is 6.54 Å². The Labute approximate surface area is 85.4 Å². The molecule has 1 heterocycles. The van der Waals surface area contributed by atoms with Crippen LogP contribution >= 0.6 is 0 Å². The van der Waals surface area contributed by atoms with E-state index in [1.807, 2.05) is 0 Å². The van der Waals surface area contributed by atoms with E-state index in [-0.39, 0.29) is 5.54 Å². The maximum absolute atomic E-state index is 6.00. The summed E-state index contributed by atoms with van der Waals surface area (Å²) in [6, 6.07) is 0.698. The first-order valence-electron chi connectivity index (χ1n) is 5.66. The van der Waals surface area contributed by atoms with Gasteiger partial charge in [0.25, 0.3) is 0 Å². The van der Waals surface area contributed by atoms with Gasteiger partial charge in [0.2, 0.25) is 0 Å². The van der Waals surface area contributed by atoms with Crippen LogP contribution in [0.4, 0.5) is 0 Å². The average molecular weight is 193 g/mol. The van der Waals surface area contributed by atoms with Gasteiger partial charge in [-0.1, -0.05) is 6.92 Å². The molecular weight excluding hydrogens is 174 g/mol. The Kier molecular flexibility index (Phi) is 1.38. The molecule has 0 aromatic rings. The predicted molar refractivity (Wildman–Crippen MR) is 57.1 cm³/mol. The molecule has 0 amide bonds. The molecule has 3 heteroatoms. The highest BCUT2D eigenvalue weighted by molar-refractivity contribution is 5.82. The SMILES string of the molecule is CC1(C2(C)CN=C(N)N2C2CC2)CC1. The molecule has 1 aliphatic heterocycles. The molecule has 2 N–H and O–H groups in total. The van der Waals surface area contributed by atoms with Gasteiger partial charge in [0.15, 0.2) is 5.96 Å². The molecule has 0 aromatic heterocycles. The fourth-order valence-electron chi connectivity index (χ4n) is 2.77. The normalized spacial score (nSPS) is 39.9. The summed E-state index contributed by atoms with van der Waals surface area (Å²) in [7, 11) is 0. The number of guanidine groups is 1. The highest BCUT2D eigenvalue weighted by Gasteiger charge is 2.60. The summed E-state index contributed by atoms with van der Waals surface area (Å²) in [6.07, 6.45) is 5.30. The second-order valence-electron chi connectivity index (χ2n) is 5.61. The van der Waals surface area contributed by atoms with Crippen LogP contribution in [-0.2, 0) is 0 Å². The van der Waals surface area contributed by atoms with Crippen molar-refractivity contribution in [3.8, 4) is 0 Å². The first-order valence-corrected chi connectivity index (χ1v) is 5.66. The molecule has 1 unspecified atom stereocenters. The summed E-state index contributed by atoms with van der Waals surface area (Å²) in [5.74, 6) is 0.795. The molecule has 2 saturated carbocycles. The minimum absolute atomic E-state index is 0.220. The van der Waals surface area contributed by atoms with E-state index in [1.54, 1.807) is 0 Å². The summed E-state index contributed by atoms with van der Waals surface area (Å²) in [5, 5.41) is 0. The lowest BCUT2D eigenvalue weighted by molar-refractivity contribution is 0.125. The molecule has 0 aromatic carbocycles. The summed E-state index contributed by atoms with van der Waals surface area (Å²) in [6.45, 7) is 5.64. The summed E-state index contributed by atoms with van der Waals surface area (Å²) >= 11 is 0. The molecule has 3 nitrogen and oxygen atoms in total. The molecule has 0 saturated heterocycles. The van der Waals surface area contributed by atoms with Crippen molar-refractivity contribution in [1.82, 2.24) is 4.90 Å². The van der Waals surface area contributed by atoms with E-state index in [1.165, 1.54) is 25.7 Å². The zero-order valence-electron chi connectivity index (χ0n) is 9.08. The Morgan fingerprint density at radius 3 is 2.50 bits per heavy atom. The van der Waals surface area contributed by atoms with Crippen LogP contribution in [0.1, 0.15) is 39.5 Å². The maximum Gasteiger partial charge on any atom is 0.192 e. The van der Waals surface area contributed by atoms with Crippen LogP contribution in [0.15, 0.2) is 4.99 Å². The zero-order valence-corrected chi connectivity index (χ0v) is 9.08. The molecule has 14 heavy (non-hydrogen) atoms. The van der Waals surface area contributed by atoms with Crippen LogP contribution in [0.3, 0.4) is 0 Å². The van der Waals surface area contributed by atoms with Crippen LogP contribution in [0.2, 0.25) is 0 Å². The van der Waals surface area contributed by atoms with Crippen molar-refractivity contribution >= 4 is 5.96 Å². The van der Waals surface area contributed by atoms with E-state index in [0.29, 0.717) is 11.5 Å². The van der Waals surface area contributed by atoms with Crippen LogP contribution in [0.5, 0.6) is 0 Å². The number of rotatable bonds is 2. The van der Waals surface area contributed by atoms with Crippen molar-refractivity contribution in [3.05, 3.63) is 0 Å². The minimum atomic E-state index is 0.220. The molecule has 2 fully saturated rings. The van der Waals surface area contributed by atoms with Gasteiger partial charge in [0.05, 0.1) is 12.1 Å². The van der Waals surface area contributed by atoms with Gasteiger partial charge < -0.3 is 10.6 Å². The van der Waals surface area contributed by atoms with Gasteiger partial charge in [-0.3, -0.25) is 4.99 Å². The predicted octanol–water partition coefficient (Wildman–Crippen LogP) is 1.34. The van der Waals surface area contributed by atoms with Crippen molar-refractivity contribution in [1.29, 1.82) is 0 Å². The molecule has 0 radical (unpaired) electrons. The van der Waals surface area contributed by atoms with Gasteiger partial charge in [-0.05, 0) is 38.0 Å². The van der Waals surface area contributed by atoms with Gasteiger partial charge in [-0.15, -0.1) is 0 Å². The summed E-state index contributed by atoms with van der Waals surface area (Å²) in [4.78, 5) is 6.88. The molecular formula is C11H19N3. The number of aliphatic imine (C=N–C) groups is 1. The third-order valence-corrected chi connectivity index (χ3v) is 4.54. The Hall–Kier alpha value is -0.730. The van der Waals surface area contributed by atoms with E-state index >= 15 is 0 Å². The van der Waals surface area contributed by atoms with Crippen LogP contribution in [0, 0.1) is 5.41 Å². The van der Waals surface area contributed by atoms with E-state index in [2.05, 4.69) is 23.7 Å². The summed E-state index contributed by atoms with van der Waals surface area (Å²) < 4.78 is 0. The lowest BCUT2D eigenvalue weighted by Gasteiger charge is -2.41. The van der Waals surface area contributed by atoms with Crippen molar-refractivity contribution in [3.63, 3.8) is 0 Å². The first kappa shape index (κ1) is 8.57. The Balaban J connectivity index is 1.92. The third kappa shape index (κ3) is 0.904.